The summed E-state index contributed by atoms with van der Waals surface area (Å²) in [5.74, 6) is 0.0853. The normalized spacial score (nSPS) is 13.9. The van der Waals surface area contributed by atoms with E-state index in [1.54, 1.807) is 6.07 Å². The summed E-state index contributed by atoms with van der Waals surface area (Å²) in [4.78, 5) is 0. The Morgan fingerprint density at radius 1 is 0.875 bits per heavy atom. The fraction of sp³-hybridized carbons (Fsp3) is 0.647. The van der Waals surface area contributed by atoms with Gasteiger partial charge in [0.15, 0.2) is 0 Å². The average Bonchev–Trinajstić information content (AvgIpc) is 2.59. The van der Waals surface area contributed by atoms with E-state index in [2.05, 4.69) is 17.6 Å². The van der Waals surface area contributed by atoms with Crippen LogP contribution in [0.15, 0.2) is 12.1 Å². The maximum absolute atomic E-state index is 10.2. The summed E-state index contributed by atoms with van der Waals surface area (Å²) in [6.45, 7) is 1.93. The van der Waals surface area contributed by atoms with Gasteiger partial charge in [0, 0.05) is 18.7 Å². The van der Waals surface area contributed by atoms with Crippen molar-refractivity contribution in [3.05, 3.63) is 28.8 Å². The van der Waals surface area contributed by atoms with Gasteiger partial charge in [-0.15, -0.1) is 0 Å². The third kappa shape index (κ3) is 7.12. The first-order chi connectivity index (χ1) is 11.5. The SMILES string of the molecule is CCCCCc1cc(CNC(O)CO)c(O)cc1CNC(O)CO. The molecule has 0 radical (unpaired) electrons. The van der Waals surface area contributed by atoms with Crippen molar-refractivity contribution in [2.75, 3.05) is 13.2 Å². The summed E-state index contributed by atoms with van der Waals surface area (Å²) < 4.78 is 0. The third-order valence-corrected chi connectivity index (χ3v) is 3.85. The van der Waals surface area contributed by atoms with Crippen molar-refractivity contribution in [3.63, 3.8) is 0 Å². The lowest BCUT2D eigenvalue weighted by Crippen LogP contribution is -2.32. The Morgan fingerprint density at radius 2 is 1.46 bits per heavy atom. The third-order valence-electron chi connectivity index (χ3n) is 3.85. The number of unbranched alkanes of at least 4 members (excludes halogenated alkanes) is 2. The summed E-state index contributed by atoms with van der Waals surface area (Å²) in [5.41, 5.74) is 2.55. The van der Waals surface area contributed by atoms with Crippen LogP contribution in [0.3, 0.4) is 0 Å². The zero-order valence-corrected chi connectivity index (χ0v) is 14.2. The molecular weight excluding hydrogens is 312 g/mol. The van der Waals surface area contributed by atoms with Crippen molar-refractivity contribution in [1.29, 1.82) is 0 Å². The lowest BCUT2D eigenvalue weighted by molar-refractivity contribution is 0.0661. The van der Waals surface area contributed by atoms with Crippen LogP contribution in [0.1, 0.15) is 42.9 Å². The monoisotopic (exact) mass is 342 g/mol. The van der Waals surface area contributed by atoms with E-state index in [0.29, 0.717) is 12.1 Å². The van der Waals surface area contributed by atoms with E-state index in [0.717, 1.165) is 36.8 Å². The minimum Gasteiger partial charge on any atom is -0.508 e. The second-order valence-electron chi connectivity index (χ2n) is 5.87. The number of rotatable bonds is 12. The van der Waals surface area contributed by atoms with Gasteiger partial charge in [-0.25, -0.2) is 0 Å². The van der Waals surface area contributed by atoms with Crippen LogP contribution in [-0.2, 0) is 19.5 Å². The number of aliphatic hydroxyl groups is 4. The molecule has 0 aliphatic carbocycles. The molecule has 7 heteroatoms. The standard InChI is InChI=1S/C17H30N2O5/c1-2-3-4-5-12-6-14(9-19-17(24)11-21)15(22)7-13(12)8-18-16(23)10-20/h6-7,16-24H,2-5,8-11H2,1H3. The fourth-order valence-electron chi connectivity index (χ4n) is 2.42. The molecule has 0 fully saturated rings. The van der Waals surface area contributed by atoms with Gasteiger partial charge in [0.25, 0.3) is 0 Å². The Hall–Kier alpha value is -1.22. The van der Waals surface area contributed by atoms with E-state index in [-0.39, 0.29) is 18.9 Å². The van der Waals surface area contributed by atoms with Gasteiger partial charge >= 0.3 is 0 Å². The molecule has 7 N–H and O–H groups in total. The van der Waals surface area contributed by atoms with Crippen LogP contribution in [-0.4, -0.2) is 51.2 Å². The van der Waals surface area contributed by atoms with Gasteiger partial charge in [-0.1, -0.05) is 25.8 Å². The maximum atomic E-state index is 10.2. The Morgan fingerprint density at radius 3 is 2.00 bits per heavy atom. The van der Waals surface area contributed by atoms with Crippen LogP contribution in [0.25, 0.3) is 0 Å². The molecule has 138 valence electrons. The van der Waals surface area contributed by atoms with Gasteiger partial charge in [-0.3, -0.25) is 10.6 Å². The quantitative estimate of drug-likeness (QED) is 0.209. The Labute approximate surface area is 143 Å². The highest BCUT2D eigenvalue weighted by Crippen LogP contribution is 2.24. The maximum Gasteiger partial charge on any atom is 0.128 e. The largest absolute Gasteiger partial charge is 0.508 e. The molecule has 2 atom stereocenters. The molecule has 0 amide bonds. The summed E-state index contributed by atoms with van der Waals surface area (Å²) in [5, 5.41) is 52.2. The molecule has 7 nitrogen and oxygen atoms in total. The van der Waals surface area contributed by atoms with Crippen molar-refractivity contribution in [2.24, 2.45) is 0 Å². The highest BCUT2D eigenvalue weighted by atomic mass is 16.3. The van der Waals surface area contributed by atoms with Gasteiger partial charge < -0.3 is 25.5 Å². The minimum atomic E-state index is -1.03. The molecule has 0 bridgehead atoms. The second kappa shape index (κ2) is 11.4. The lowest BCUT2D eigenvalue weighted by Gasteiger charge is -2.17. The van der Waals surface area contributed by atoms with Crippen molar-refractivity contribution in [2.45, 2.75) is 58.2 Å². The van der Waals surface area contributed by atoms with Crippen molar-refractivity contribution >= 4 is 0 Å². The van der Waals surface area contributed by atoms with E-state index < -0.39 is 19.1 Å². The zero-order chi connectivity index (χ0) is 17.9. The smallest absolute Gasteiger partial charge is 0.128 e. The molecule has 1 rings (SSSR count). The predicted octanol–water partition coefficient (Wildman–Crippen LogP) is -0.0745. The van der Waals surface area contributed by atoms with Gasteiger partial charge in [0.2, 0.25) is 0 Å². The zero-order valence-electron chi connectivity index (χ0n) is 14.2. The van der Waals surface area contributed by atoms with Crippen LogP contribution >= 0.6 is 0 Å². The highest BCUT2D eigenvalue weighted by molar-refractivity contribution is 5.42. The molecule has 0 heterocycles. The van der Waals surface area contributed by atoms with Crippen LogP contribution in [0, 0.1) is 0 Å². The number of aromatic hydroxyl groups is 1. The number of phenolic OH excluding ortho intramolecular Hbond substituents is 1. The summed E-state index contributed by atoms with van der Waals surface area (Å²) in [7, 11) is 0. The first kappa shape index (κ1) is 20.8. The Kier molecular flexibility index (Phi) is 9.85. The fourth-order valence-corrected chi connectivity index (χ4v) is 2.42. The molecule has 2 unspecified atom stereocenters. The van der Waals surface area contributed by atoms with E-state index >= 15 is 0 Å². The summed E-state index contributed by atoms with van der Waals surface area (Å²) in [6.07, 6.45) is 2.03. The number of benzene rings is 1. The Balaban J connectivity index is 2.88. The van der Waals surface area contributed by atoms with Gasteiger partial charge in [-0.2, -0.15) is 0 Å². The van der Waals surface area contributed by atoms with Gasteiger partial charge in [0.1, 0.15) is 18.2 Å². The van der Waals surface area contributed by atoms with Crippen LogP contribution in [0.4, 0.5) is 0 Å². The average molecular weight is 342 g/mol. The molecule has 24 heavy (non-hydrogen) atoms. The van der Waals surface area contributed by atoms with Crippen molar-refractivity contribution < 1.29 is 25.5 Å². The van der Waals surface area contributed by atoms with E-state index in [4.69, 9.17) is 10.2 Å². The van der Waals surface area contributed by atoms with E-state index in [1.807, 2.05) is 6.07 Å². The molecule has 0 aliphatic rings. The van der Waals surface area contributed by atoms with Gasteiger partial charge in [-0.05, 0) is 30.0 Å². The number of phenols is 1. The molecule has 0 saturated carbocycles. The number of aryl methyl sites for hydroxylation is 1. The predicted molar refractivity (Wildman–Crippen MR) is 91.2 cm³/mol. The van der Waals surface area contributed by atoms with Gasteiger partial charge in [0.05, 0.1) is 13.2 Å². The molecule has 0 aromatic heterocycles. The molecule has 1 aromatic carbocycles. The number of nitrogens with one attached hydrogen (secondary N) is 2. The lowest BCUT2D eigenvalue weighted by atomic mass is 9.97. The van der Waals surface area contributed by atoms with Crippen molar-refractivity contribution in [3.8, 4) is 5.75 Å². The topological polar surface area (TPSA) is 125 Å². The summed E-state index contributed by atoms with van der Waals surface area (Å²) >= 11 is 0. The highest BCUT2D eigenvalue weighted by Gasteiger charge is 2.12. The molecule has 0 saturated heterocycles. The number of aliphatic hydroxyl groups excluding tert-OH is 4. The first-order valence-electron chi connectivity index (χ1n) is 8.40. The molecular formula is C17H30N2O5. The second-order valence-corrected chi connectivity index (χ2v) is 5.87. The molecule has 0 spiro atoms. The van der Waals surface area contributed by atoms with Crippen LogP contribution in [0.5, 0.6) is 5.75 Å². The van der Waals surface area contributed by atoms with E-state index in [1.165, 1.54) is 0 Å². The summed E-state index contributed by atoms with van der Waals surface area (Å²) in [6, 6.07) is 3.52. The Bertz CT molecular complexity index is 484. The minimum absolute atomic E-state index is 0.0853. The first-order valence-corrected chi connectivity index (χ1v) is 8.40. The number of hydrogen-bond acceptors (Lipinski definition) is 7. The number of hydrogen-bond donors (Lipinski definition) is 7. The molecule has 0 aliphatic heterocycles. The van der Waals surface area contributed by atoms with Crippen LogP contribution < -0.4 is 10.6 Å². The molecule has 1 aromatic rings. The van der Waals surface area contributed by atoms with E-state index in [9.17, 15) is 15.3 Å². The van der Waals surface area contributed by atoms with Crippen LogP contribution in [0.2, 0.25) is 0 Å². The van der Waals surface area contributed by atoms with Crippen molar-refractivity contribution in [1.82, 2.24) is 10.6 Å².